The fourth-order valence-corrected chi connectivity index (χ4v) is 3.14. The van der Waals surface area contributed by atoms with Gasteiger partial charge in [0.25, 0.3) is 11.5 Å². The molecule has 1 aromatic carbocycles. The van der Waals surface area contributed by atoms with Crippen molar-refractivity contribution < 1.29 is 4.79 Å². The zero-order chi connectivity index (χ0) is 17.1. The molecule has 0 bridgehead atoms. The maximum Gasteiger partial charge on any atom is 0.272 e. The summed E-state index contributed by atoms with van der Waals surface area (Å²) in [6, 6.07) is 9.21. The lowest BCUT2D eigenvalue weighted by Crippen LogP contribution is -2.42. The monoisotopic (exact) mass is 328 g/mol. The predicted molar refractivity (Wildman–Crippen MR) is 93.7 cm³/mol. The number of aromatic amines is 1. The normalized spacial score (nSPS) is 17.2. The standard InChI is InChI=1S/C18H24N4O2/c1-3-10-21(15-8-9-19-12-15)18(24)16-11-17(23)22(20-16)14-6-4-13(2)5-7-14/h4-7,11,15,19-20H,3,8-10,12H2,1-2H3. The summed E-state index contributed by atoms with van der Waals surface area (Å²) in [5, 5.41) is 6.27. The summed E-state index contributed by atoms with van der Waals surface area (Å²) in [5.74, 6) is -0.103. The van der Waals surface area contributed by atoms with E-state index in [-0.39, 0.29) is 17.5 Å². The number of amides is 1. The van der Waals surface area contributed by atoms with Gasteiger partial charge in [-0.2, -0.15) is 0 Å². The van der Waals surface area contributed by atoms with Gasteiger partial charge in [0.15, 0.2) is 0 Å². The highest BCUT2D eigenvalue weighted by Crippen LogP contribution is 2.13. The molecule has 1 aromatic heterocycles. The minimum Gasteiger partial charge on any atom is -0.333 e. The lowest BCUT2D eigenvalue weighted by atomic mass is 10.2. The van der Waals surface area contributed by atoms with Gasteiger partial charge < -0.3 is 10.2 Å². The minimum absolute atomic E-state index is 0.103. The second kappa shape index (κ2) is 7.05. The van der Waals surface area contributed by atoms with Crippen molar-refractivity contribution >= 4 is 5.91 Å². The second-order valence-electron chi connectivity index (χ2n) is 6.32. The Morgan fingerprint density at radius 2 is 2.08 bits per heavy atom. The predicted octanol–water partition coefficient (Wildman–Crippen LogP) is 1.69. The first-order valence-electron chi connectivity index (χ1n) is 8.51. The Morgan fingerprint density at radius 3 is 2.71 bits per heavy atom. The SMILES string of the molecule is CCCN(C(=O)c1cc(=O)n(-c2ccc(C)cc2)[nH]1)C1CCNC1. The topological polar surface area (TPSA) is 70.1 Å². The van der Waals surface area contributed by atoms with Crippen LogP contribution in [-0.2, 0) is 0 Å². The molecule has 0 saturated carbocycles. The molecule has 6 heteroatoms. The van der Waals surface area contributed by atoms with Crippen LogP contribution in [0.1, 0.15) is 35.8 Å². The van der Waals surface area contributed by atoms with Gasteiger partial charge in [-0.05, 0) is 38.4 Å². The Hall–Kier alpha value is -2.34. The molecule has 6 nitrogen and oxygen atoms in total. The quantitative estimate of drug-likeness (QED) is 0.877. The summed E-state index contributed by atoms with van der Waals surface area (Å²) in [5.41, 5.74) is 1.98. The third-order valence-corrected chi connectivity index (χ3v) is 4.44. The molecule has 1 saturated heterocycles. The average molecular weight is 328 g/mol. The number of carbonyl (C=O) groups is 1. The zero-order valence-electron chi connectivity index (χ0n) is 14.2. The molecule has 1 fully saturated rings. The number of hydrogen-bond donors (Lipinski definition) is 2. The van der Waals surface area contributed by atoms with Gasteiger partial charge in [-0.3, -0.25) is 14.7 Å². The molecular formula is C18H24N4O2. The van der Waals surface area contributed by atoms with E-state index >= 15 is 0 Å². The molecule has 2 N–H and O–H groups in total. The van der Waals surface area contributed by atoms with Crippen molar-refractivity contribution in [1.82, 2.24) is 20.0 Å². The Bertz CT molecular complexity index is 754. The van der Waals surface area contributed by atoms with Crippen molar-refractivity contribution in [3.8, 4) is 5.69 Å². The molecule has 1 atom stereocenters. The molecule has 2 heterocycles. The van der Waals surface area contributed by atoms with Crippen LogP contribution in [0.25, 0.3) is 5.69 Å². The Morgan fingerprint density at radius 1 is 1.33 bits per heavy atom. The van der Waals surface area contributed by atoms with Gasteiger partial charge >= 0.3 is 0 Å². The summed E-state index contributed by atoms with van der Waals surface area (Å²) >= 11 is 0. The van der Waals surface area contributed by atoms with E-state index in [1.54, 1.807) is 0 Å². The van der Waals surface area contributed by atoms with Crippen LogP contribution < -0.4 is 10.9 Å². The number of H-pyrrole nitrogens is 1. The first-order valence-corrected chi connectivity index (χ1v) is 8.51. The minimum atomic E-state index is -0.219. The molecule has 0 spiro atoms. The molecule has 1 amide bonds. The highest BCUT2D eigenvalue weighted by atomic mass is 16.2. The number of nitrogens with one attached hydrogen (secondary N) is 2. The van der Waals surface area contributed by atoms with Crippen molar-refractivity contribution in [2.24, 2.45) is 0 Å². The molecule has 3 rings (SSSR count). The van der Waals surface area contributed by atoms with Crippen LogP contribution in [0, 0.1) is 6.92 Å². The largest absolute Gasteiger partial charge is 0.333 e. The molecule has 1 aliphatic heterocycles. The molecule has 1 aliphatic rings. The van der Waals surface area contributed by atoms with E-state index in [0.29, 0.717) is 12.2 Å². The number of hydrogen-bond acceptors (Lipinski definition) is 3. The lowest BCUT2D eigenvalue weighted by Gasteiger charge is -2.27. The van der Waals surface area contributed by atoms with Crippen molar-refractivity contribution in [2.75, 3.05) is 19.6 Å². The maximum atomic E-state index is 12.9. The molecular weight excluding hydrogens is 304 g/mol. The van der Waals surface area contributed by atoms with Crippen LogP contribution in [0.4, 0.5) is 0 Å². The summed E-state index contributed by atoms with van der Waals surface area (Å²) < 4.78 is 1.42. The summed E-state index contributed by atoms with van der Waals surface area (Å²) in [6.07, 6.45) is 1.85. The zero-order valence-corrected chi connectivity index (χ0v) is 14.2. The van der Waals surface area contributed by atoms with Crippen LogP contribution >= 0.6 is 0 Å². The lowest BCUT2D eigenvalue weighted by molar-refractivity contribution is 0.0685. The van der Waals surface area contributed by atoms with E-state index in [1.165, 1.54) is 10.7 Å². The number of rotatable bonds is 5. The fraction of sp³-hybridized carbons (Fsp3) is 0.444. The van der Waals surface area contributed by atoms with E-state index in [2.05, 4.69) is 17.3 Å². The second-order valence-corrected chi connectivity index (χ2v) is 6.32. The van der Waals surface area contributed by atoms with Gasteiger partial charge in [0.05, 0.1) is 5.69 Å². The van der Waals surface area contributed by atoms with Crippen molar-refractivity contribution in [3.63, 3.8) is 0 Å². The Balaban J connectivity index is 1.88. The van der Waals surface area contributed by atoms with Gasteiger partial charge in [0.2, 0.25) is 0 Å². The number of aryl methyl sites for hydroxylation is 1. The highest BCUT2D eigenvalue weighted by Gasteiger charge is 2.28. The average Bonchev–Trinajstić information content (AvgIpc) is 3.23. The number of carbonyl (C=O) groups excluding carboxylic acids is 1. The third kappa shape index (κ3) is 3.28. The summed E-state index contributed by atoms with van der Waals surface area (Å²) in [4.78, 5) is 27.0. The molecule has 128 valence electrons. The van der Waals surface area contributed by atoms with Gasteiger partial charge in [-0.1, -0.05) is 24.6 Å². The fourth-order valence-electron chi connectivity index (χ4n) is 3.14. The van der Waals surface area contributed by atoms with E-state index < -0.39 is 0 Å². The first-order chi connectivity index (χ1) is 11.6. The Kier molecular flexibility index (Phi) is 4.85. The van der Waals surface area contributed by atoms with Crippen molar-refractivity contribution in [2.45, 2.75) is 32.7 Å². The molecule has 0 aliphatic carbocycles. The third-order valence-electron chi connectivity index (χ3n) is 4.44. The molecule has 1 unspecified atom stereocenters. The van der Waals surface area contributed by atoms with Crippen molar-refractivity contribution in [1.29, 1.82) is 0 Å². The highest BCUT2D eigenvalue weighted by molar-refractivity contribution is 5.92. The molecule has 2 aromatic rings. The summed E-state index contributed by atoms with van der Waals surface area (Å²) in [7, 11) is 0. The van der Waals surface area contributed by atoms with E-state index in [4.69, 9.17) is 0 Å². The number of nitrogens with zero attached hydrogens (tertiary/aromatic N) is 2. The van der Waals surface area contributed by atoms with Crippen molar-refractivity contribution in [3.05, 3.63) is 51.9 Å². The molecule has 0 radical (unpaired) electrons. The van der Waals surface area contributed by atoms with Gasteiger partial charge in [0.1, 0.15) is 5.69 Å². The number of aromatic nitrogens is 2. The van der Waals surface area contributed by atoms with Gasteiger partial charge in [-0.25, -0.2) is 4.68 Å². The van der Waals surface area contributed by atoms with Crippen LogP contribution in [0.15, 0.2) is 35.1 Å². The summed E-state index contributed by atoms with van der Waals surface area (Å²) in [6.45, 7) is 6.49. The van der Waals surface area contributed by atoms with Crippen LogP contribution in [0.5, 0.6) is 0 Å². The smallest absolute Gasteiger partial charge is 0.272 e. The maximum absolute atomic E-state index is 12.9. The number of benzene rings is 1. The van der Waals surface area contributed by atoms with Crippen LogP contribution in [0.2, 0.25) is 0 Å². The van der Waals surface area contributed by atoms with Crippen LogP contribution in [-0.4, -0.2) is 46.3 Å². The van der Waals surface area contributed by atoms with Crippen LogP contribution in [0.3, 0.4) is 0 Å². The first kappa shape index (κ1) is 16.5. The van der Waals surface area contributed by atoms with Gasteiger partial charge in [-0.15, -0.1) is 0 Å². The molecule has 24 heavy (non-hydrogen) atoms. The van der Waals surface area contributed by atoms with Gasteiger partial charge in [0, 0.05) is 25.2 Å². The van der Waals surface area contributed by atoms with E-state index in [0.717, 1.165) is 37.2 Å². The van der Waals surface area contributed by atoms with E-state index in [1.807, 2.05) is 36.1 Å². The van der Waals surface area contributed by atoms with E-state index in [9.17, 15) is 9.59 Å². The Labute approximate surface area is 141 Å².